The van der Waals surface area contributed by atoms with Gasteiger partial charge in [0.15, 0.2) is 10.8 Å². The first-order chi connectivity index (χ1) is 11.5. The number of nitrogens with zero attached hydrogens (tertiary/aromatic N) is 4. The van der Waals surface area contributed by atoms with E-state index in [-0.39, 0.29) is 18.0 Å². The molecule has 0 spiro atoms. The molecule has 2 heterocycles. The van der Waals surface area contributed by atoms with E-state index in [1.165, 1.54) is 28.6 Å². The predicted molar refractivity (Wildman–Crippen MR) is 84.4 cm³/mol. The first-order valence-corrected chi connectivity index (χ1v) is 7.80. The summed E-state index contributed by atoms with van der Waals surface area (Å²) in [7, 11) is 1.55. The second kappa shape index (κ2) is 6.44. The molecule has 0 aliphatic heterocycles. The van der Waals surface area contributed by atoms with Crippen molar-refractivity contribution in [3.05, 3.63) is 52.3 Å². The van der Waals surface area contributed by atoms with E-state index in [0.717, 1.165) is 12.1 Å². The number of H-pyrrole nitrogens is 1. The Morgan fingerprint density at radius 2 is 2.17 bits per heavy atom. The van der Waals surface area contributed by atoms with Crippen LogP contribution in [0.15, 0.2) is 24.5 Å². The first kappa shape index (κ1) is 16.2. The lowest BCUT2D eigenvalue weighted by Gasteiger charge is -2.17. The average molecular weight is 349 g/mol. The Balaban J connectivity index is 1.81. The van der Waals surface area contributed by atoms with Crippen molar-refractivity contribution in [3.63, 3.8) is 0 Å². The van der Waals surface area contributed by atoms with Gasteiger partial charge in [-0.25, -0.2) is 18.7 Å². The fourth-order valence-electron chi connectivity index (χ4n) is 2.16. The number of benzene rings is 1. The monoisotopic (exact) mass is 349 g/mol. The van der Waals surface area contributed by atoms with E-state index in [9.17, 15) is 13.6 Å². The van der Waals surface area contributed by atoms with Crippen LogP contribution in [0.25, 0.3) is 10.8 Å². The summed E-state index contributed by atoms with van der Waals surface area (Å²) in [5, 5.41) is 7.00. The van der Waals surface area contributed by atoms with Gasteiger partial charge in [-0.2, -0.15) is 5.10 Å². The zero-order valence-corrected chi connectivity index (χ0v) is 13.7. The number of nitrogens with one attached hydrogen (secondary N) is 1. The van der Waals surface area contributed by atoms with Crippen LogP contribution in [0.2, 0.25) is 0 Å². The summed E-state index contributed by atoms with van der Waals surface area (Å²) >= 11 is 1.18. The number of carbonyl (C=O) groups excluding carboxylic acids is 1. The summed E-state index contributed by atoms with van der Waals surface area (Å²) in [5.74, 6) is -1.15. The minimum Gasteiger partial charge on any atom is -0.337 e. The van der Waals surface area contributed by atoms with Crippen molar-refractivity contribution in [1.29, 1.82) is 0 Å². The van der Waals surface area contributed by atoms with Crippen LogP contribution >= 0.6 is 11.3 Å². The Bertz CT molecular complexity index is 878. The molecule has 0 atom stereocenters. The SMILES string of the molecule is Cc1nc(-c2ncn[nH]2)sc1C(=O)N(C)Cc1ccc(F)cc1F. The fraction of sp³-hybridized carbons (Fsp3) is 0.200. The van der Waals surface area contributed by atoms with Crippen molar-refractivity contribution in [1.82, 2.24) is 25.1 Å². The first-order valence-electron chi connectivity index (χ1n) is 6.98. The largest absolute Gasteiger partial charge is 0.337 e. The van der Waals surface area contributed by atoms with Gasteiger partial charge in [-0.1, -0.05) is 6.07 Å². The molecule has 124 valence electrons. The maximum atomic E-state index is 13.7. The maximum absolute atomic E-state index is 13.7. The van der Waals surface area contributed by atoms with E-state index in [1.807, 2.05) is 0 Å². The third-order valence-corrected chi connectivity index (χ3v) is 4.53. The Labute approximate surface area is 140 Å². The van der Waals surface area contributed by atoms with Crippen LogP contribution in [-0.4, -0.2) is 38.0 Å². The number of amides is 1. The van der Waals surface area contributed by atoms with Gasteiger partial charge in [0.05, 0.1) is 5.69 Å². The normalized spacial score (nSPS) is 10.8. The van der Waals surface area contributed by atoms with Gasteiger partial charge in [0, 0.05) is 25.2 Å². The Kier molecular flexibility index (Phi) is 4.34. The van der Waals surface area contributed by atoms with Crippen molar-refractivity contribution in [2.75, 3.05) is 7.05 Å². The summed E-state index contributed by atoms with van der Waals surface area (Å²) in [6, 6.07) is 3.29. The Morgan fingerprint density at radius 3 is 2.83 bits per heavy atom. The minimum atomic E-state index is -0.682. The van der Waals surface area contributed by atoms with Crippen molar-refractivity contribution in [2.45, 2.75) is 13.5 Å². The van der Waals surface area contributed by atoms with E-state index in [2.05, 4.69) is 20.2 Å². The highest BCUT2D eigenvalue weighted by molar-refractivity contribution is 7.17. The molecule has 9 heteroatoms. The van der Waals surface area contributed by atoms with Crippen LogP contribution in [0.3, 0.4) is 0 Å². The molecule has 1 amide bonds. The van der Waals surface area contributed by atoms with Crippen LogP contribution in [0.1, 0.15) is 20.9 Å². The number of hydrogen-bond acceptors (Lipinski definition) is 5. The van der Waals surface area contributed by atoms with Crippen LogP contribution < -0.4 is 0 Å². The molecule has 0 saturated heterocycles. The van der Waals surface area contributed by atoms with Crippen molar-refractivity contribution in [3.8, 4) is 10.8 Å². The summed E-state index contributed by atoms with van der Waals surface area (Å²) in [6.07, 6.45) is 1.36. The molecule has 24 heavy (non-hydrogen) atoms. The Hall–Kier alpha value is -2.68. The van der Waals surface area contributed by atoms with Crippen LogP contribution in [0.5, 0.6) is 0 Å². The van der Waals surface area contributed by atoms with Crippen molar-refractivity contribution < 1.29 is 13.6 Å². The molecule has 1 aromatic carbocycles. The standard InChI is InChI=1S/C15H13F2N5OS/c1-8-12(24-14(20-8)13-18-7-19-21-13)15(23)22(2)6-9-3-4-10(16)5-11(9)17/h3-5,7H,6H2,1-2H3,(H,18,19,21). The third-order valence-electron chi connectivity index (χ3n) is 3.38. The summed E-state index contributed by atoms with van der Waals surface area (Å²) < 4.78 is 26.7. The number of rotatable bonds is 4. The van der Waals surface area contributed by atoms with Crippen LogP contribution in [0.4, 0.5) is 8.78 Å². The molecule has 2 aromatic heterocycles. The number of carbonyl (C=O) groups is 1. The highest BCUT2D eigenvalue weighted by atomic mass is 32.1. The van der Waals surface area contributed by atoms with Crippen molar-refractivity contribution >= 4 is 17.2 Å². The minimum absolute atomic E-state index is 0.0277. The molecule has 3 aromatic rings. The second-order valence-corrected chi connectivity index (χ2v) is 6.16. The maximum Gasteiger partial charge on any atom is 0.265 e. The average Bonchev–Trinajstić information content (AvgIpc) is 3.18. The van der Waals surface area contributed by atoms with E-state index in [4.69, 9.17) is 0 Å². The zero-order chi connectivity index (χ0) is 17.3. The molecule has 0 aliphatic carbocycles. The molecular formula is C15H13F2N5OS. The molecule has 0 saturated carbocycles. The van der Waals surface area contributed by atoms with Gasteiger partial charge in [-0.3, -0.25) is 9.89 Å². The van der Waals surface area contributed by atoms with Crippen molar-refractivity contribution in [2.24, 2.45) is 0 Å². The summed E-state index contributed by atoms with van der Waals surface area (Å²) in [4.78, 5) is 22.7. The van der Waals surface area contributed by atoms with E-state index < -0.39 is 11.6 Å². The number of hydrogen-bond donors (Lipinski definition) is 1. The van der Waals surface area contributed by atoms with Gasteiger partial charge >= 0.3 is 0 Å². The quantitative estimate of drug-likeness (QED) is 0.786. The number of aryl methyl sites for hydroxylation is 1. The highest BCUT2D eigenvalue weighted by Crippen LogP contribution is 2.26. The molecule has 0 aliphatic rings. The molecule has 0 unspecified atom stereocenters. The number of aromatic nitrogens is 4. The molecule has 0 bridgehead atoms. The van der Waals surface area contributed by atoms with E-state index in [0.29, 0.717) is 21.4 Å². The lowest BCUT2D eigenvalue weighted by molar-refractivity contribution is 0.0787. The van der Waals surface area contributed by atoms with E-state index in [1.54, 1.807) is 14.0 Å². The molecule has 0 radical (unpaired) electrons. The van der Waals surface area contributed by atoms with Gasteiger partial charge in [0.25, 0.3) is 5.91 Å². The molecule has 0 fully saturated rings. The van der Waals surface area contributed by atoms with Gasteiger partial charge in [-0.15, -0.1) is 11.3 Å². The summed E-state index contributed by atoms with van der Waals surface area (Å²) in [6.45, 7) is 1.75. The van der Waals surface area contributed by atoms with E-state index >= 15 is 0 Å². The molecule has 3 rings (SSSR count). The second-order valence-electron chi connectivity index (χ2n) is 5.16. The predicted octanol–water partition coefficient (Wildman–Crippen LogP) is 2.79. The lowest BCUT2D eigenvalue weighted by Crippen LogP contribution is -2.26. The molecular weight excluding hydrogens is 336 g/mol. The molecule has 6 nitrogen and oxygen atoms in total. The van der Waals surface area contributed by atoms with Gasteiger partial charge in [0.1, 0.15) is 22.8 Å². The number of halogens is 2. The van der Waals surface area contributed by atoms with Crippen LogP contribution in [0, 0.1) is 18.6 Å². The van der Waals surface area contributed by atoms with Gasteiger partial charge in [0.2, 0.25) is 0 Å². The lowest BCUT2D eigenvalue weighted by atomic mass is 10.2. The molecule has 1 N–H and O–H groups in total. The Morgan fingerprint density at radius 1 is 1.38 bits per heavy atom. The smallest absolute Gasteiger partial charge is 0.265 e. The zero-order valence-electron chi connectivity index (χ0n) is 12.9. The topological polar surface area (TPSA) is 74.8 Å². The fourth-order valence-corrected chi connectivity index (χ4v) is 3.16. The highest BCUT2D eigenvalue weighted by Gasteiger charge is 2.21. The third kappa shape index (κ3) is 3.16. The van der Waals surface area contributed by atoms with Crippen LogP contribution in [-0.2, 0) is 6.54 Å². The van der Waals surface area contributed by atoms with Gasteiger partial charge < -0.3 is 4.90 Å². The number of thiazole rings is 1. The van der Waals surface area contributed by atoms with Gasteiger partial charge in [-0.05, 0) is 13.0 Å². The summed E-state index contributed by atoms with van der Waals surface area (Å²) in [5.41, 5.74) is 0.799. The number of aromatic amines is 1.